The van der Waals surface area contributed by atoms with Crippen LogP contribution in [0.15, 0.2) is 60.7 Å². The third-order valence-electron chi connectivity index (χ3n) is 3.36. The fraction of sp³-hybridized carbons (Fsp3) is 0.222. The van der Waals surface area contributed by atoms with Crippen molar-refractivity contribution in [2.45, 2.75) is 25.2 Å². The van der Waals surface area contributed by atoms with Crippen molar-refractivity contribution in [3.8, 4) is 6.07 Å². The zero-order valence-electron chi connectivity index (χ0n) is 11.3. The topological polar surface area (TPSA) is 40.9 Å². The molecule has 0 aliphatic heterocycles. The minimum atomic E-state index is -0.184. The average molecular weight is 263 g/mol. The Morgan fingerprint density at radius 2 is 1.60 bits per heavy atom. The van der Waals surface area contributed by atoms with Gasteiger partial charge in [-0.1, -0.05) is 60.7 Å². The second-order valence-electron chi connectivity index (χ2n) is 4.79. The van der Waals surface area contributed by atoms with Crippen LogP contribution in [0.2, 0.25) is 0 Å². The Bertz CT molecular complexity index is 584. The Kier molecular flexibility index (Phi) is 5.08. The largest absolute Gasteiger partial charge is 0.299 e. The van der Waals surface area contributed by atoms with E-state index in [1.807, 2.05) is 60.7 Å². The van der Waals surface area contributed by atoms with Crippen LogP contribution in [0.1, 0.15) is 29.9 Å². The lowest BCUT2D eigenvalue weighted by atomic mass is 9.87. The molecule has 0 saturated heterocycles. The van der Waals surface area contributed by atoms with Gasteiger partial charge in [0.25, 0.3) is 0 Å². The zero-order chi connectivity index (χ0) is 14.2. The van der Waals surface area contributed by atoms with Crippen molar-refractivity contribution < 1.29 is 4.79 Å². The maximum Gasteiger partial charge on any atom is 0.144 e. The second-order valence-corrected chi connectivity index (χ2v) is 4.79. The lowest BCUT2D eigenvalue weighted by molar-refractivity contribution is -0.120. The fourth-order valence-corrected chi connectivity index (χ4v) is 2.33. The number of ketones is 1. The fourth-order valence-electron chi connectivity index (χ4n) is 2.33. The van der Waals surface area contributed by atoms with Crippen molar-refractivity contribution in [3.05, 3.63) is 71.8 Å². The van der Waals surface area contributed by atoms with Crippen LogP contribution in [0.25, 0.3) is 0 Å². The van der Waals surface area contributed by atoms with E-state index >= 15 is 0 Å². The van der Waals surface area contributed by atoms with Gasteiger partial charge >= 0.3 is 0 Å². The van der Waals surface area contributed by atoms with Gasteiger partial charge in [0.1, 0.15) is 5.78 Å². The van der Waals surface area contributed by atoms with E-state index in [0.29, 0.717) is 19.3 Å². The maximum atomic E-state index is 12.5. The quantitative estimate of drug-likeness (QED) is 0.793. The van der Waals surface area contributed by atoms with Crippen molar-refractivity contribution in [2.24, 2.45) is 0 Å². The van der Waals surface area contributed by atoms with Crippen LogP contribution in [0.3, 0.4) is 0 Å². The first-order chi connectivity index (χ1) is 9.81. The summed E-state index contributed by atoms with van der Waals surface area (Å²) in [6.07, 6.45) is 1.41. The van der Waals surface area contributed by atoms with E-state index in [1.54, 1.807) is 0 Å². The van der Waals surface area contributed by atoms with Gasteiger partial charge in [0, 0.05) is 18.8 Å². The number of benzene rings is 2. The monoisotopic (exact) mass is 263 g/mol. The number of nitrogens with zero attached hydrogens (tertiary/aromatic N) is 1. The van der Waals surface area contributed by atoms with E-state index in [9.17, 15) is 4.79 Å². The van der Waals surface area contributed by atoms with Crippen molar-refractivity contribution in [1.82, 2.24) is 0 Å². The van der Waals surface area contributed by atoms with Gasteiger partial charge < -0.3 is 0 Å². The third-order valence-corrected chi connectivity index (χ3v) is 3.36. The van der Waals surface area contributed by atoms with Gasteiger partial charge in [-0.25, -0.2) is 0 Å². The zero-order valence-corrected chi connectivity index (χ0v) is 11.3. The summed E-state index contributed by atoms with van der Waals surface area (Å²) >= 11 is 0. The molecule has 1 unspecified atom stereocenters. The summed E-state index contributed by atoms with van der Waals surface area (Å²) in [7, 11) is 0. The molecule has 2 aromatic rings. The van der Waals surface area contributed by atoms with Crippen LogP contribution < -0.4 is 0 Å². The number of nitriles is 1. The molecule has 2 nitrogen and oxygen atoms in total. The molecule has 0 fully saturated rings. The van der Waals surface area contributed by atoms with E-state index in [-0.39, 0.29) is 11.7 Å². The molecule has 1 atom stereocenters. The van der Waals surface area contributed by atoms with E-state index in [1.165, 1.54) is 0 Å². The highest BCUT2D eigenvalue weighted by Crippen LogP contribution is 2.23. The van der Waals surface area contributed by atoms with E-state index in [4.69, 9.17) is 5.26 Å². The minimum absolute atomic E-state index is 0.178. The van der Waals surface area contributed by atoms with Gasteiger partial charge in [-0.15, -0.1) is 0 Å². The van der Waals surface area contributed by atoms with Gasteiger partial charge in [0.2, 0.25) is 0 Å². The highest BCUT2D eigenvalue weighted by Gasteiger charge is 2.20. The molecule has 0 bridgehead atoms. The van der Waals surface area contributed by atoms with Gasteiger partial charge in [-0.2, -0.15) is 5.26 Å². The van der Waals surface area contributed by atoms with Crippen LogP contribution >= 0.6 is 0 Å². The molecule has 0 aromatic heterocycles. The Morgan fingerprint density at radius 3 is 2.20 bits per heavy atom. The first kappa shape index (κ1) is 14.0. The molecule has 100 valence electrons. The van der Waals surface area contributed by atoms with E-state index in [0.717, 1.165) is 11.1 Å². The predicted molar refractivity (Wildman–Crippen MR) is 79.2 cm³/mol. The number of carbonyl (C=O) groups is 1. The summed E-state index contributed by atoms with van der Waals surface area (Å²) in [6.45, 7) is 0. The molecule has 0 N–H and O–H groups in total. The predicted octanol–water partition coefficient (Wildman–Crippen LogP) is 3.89. The van der Waals surface area contributed by atoms with Crippen molar-refractivity contribution in [2.75, 3.05) is 0 Å². The molecule has 2 heteroatoms. The molecule has 0 saturated carbocycles. The Hall–Kier alpha value is -2.40. The van der Waals surface area contributed by atoms with Gasteiger partial charge in [-0.05, 0) is 17.5 Å². The molecule has 0 amide bonds. The molecule has 20 heavy (non-hydrogen) atoms. The number of carbonyl (C=O) groups excluding carboxylic acids is 1. The number of rotatable bonds is 6. The Morgan fingerprint density at radius 1 is 1.00 bits per heavy atom. The van der Waals surface area contributed by atoms with Crippen LogP contribution in [-0.2, 0) is 11.2 Å². The smallest absolute Gasteiger partial charge is 0.144 e. The molecule has 0 aliphatic rings. The summed E-state index contributed by atoms with van der Waals surface area (Å²) < 4.78 is 0. The molecule has 0 aliphatic carbocycles. The van der Waals surface area contributed by atoms with Crippen molar-refractivity contribution in [1.29, 1.82) is 5.26 Å². The van der Waals surface area contributed by atoms with Gasteiger partial charge in [-0.3, -0.25) is 4.79 Å². The van der Waals surface area contributed by atoms with Crippen molar-refractivity contribution >= 4 is 5.78 Å². The summed E-state index contributed by atoms with van der Waals surface area (Å²) in [5.74, 6) is -0.00583. The SMILES string of the molecule is N#CCCC(C(=O)Cc1ccccc1)c1ccccc1. The van der Waals surface area contributed by atoms with Gasteiger partial charge in [0.05, 0.1) is 6.07 Å². The summed E-state index contributed by atoms with van der Waals surface area (Å²) in [6, 6.07) is 21.6. The molecule has 0 heterocycles. The molecule has 2 aromatic carbocycles. The highest BCUT2D eigenvalue weighted by atomic mass is 16.1. The standard InChI is InChI=1S/C18H17NO/c19-13-7-12-17(16-10-5-2-6-11-16)18(20)14-15-8-3-1-4-9-15/h1-6,8-11,17H,7,12,14H2. The Labute approximate surface area is 119 Å². The summed E-state index contributed by atoms with van der Waals surface area (Å²) in [5, 5.41) is 8.77. The summed E-state index contributed by atoms with van der Waals surface area (Å²) in [5.41, 5.74) is 2.03. The van der Waals surface area contributed by atoms with E-state index < -0.39 is 0 Å². The average Bonchev–Trinajstić information content (AvgIpc) is 2.50. The molecular weight excluding hydrogens is 246 g/mol. The first-order valence-electron chi connectivity index (χ1n) is 6.80. The normalized spacial score (nSPS) is 11.6. The molecule has 2 rings (SSSR count). The number of hydrogen-bond acceptors (Lipinski definition) is 2. The first-order valence-corrected chi connectivity index (χ1v) is 6.80. The third kappa shape index (κ3) is 3.80. The van der Waals surface area contributed by atoms with Crippen LogP contribution in [0.4, 0.5) is 0 Å². The van der Waals surface area contributed by atoms with Gasteiger partial charge in [0.15, 0.2) is 0 Å². The molecule has 0 spiro atoms. The van der Waals surface area contributed by atoms with Crippen LogP contribution in [0.5, 0.6) is 0 Å². The lowest BCUT2D eigenvalue weighted by Gasteiger charge is -2.15. The van der Waals surface area contributed by atoms with Crippen LogP contribution in [-0.4, -0.2) is 5.78 Å². The summed E-state index contributed by atoms with van der Waals surface area (Å²) in [4.78, 5) is 12.5. The minimum Gasteiger partial charge on any atom is -0.299 e. The number of hydrogen-bond donors (Lipinski definition) is 0. The lowest BCUT2D eigenvalue weighted by Crippen LogP contribution is -2.15. The maximum absolute atomic E-state index is 12.5. The second kappa shape index (κ2) is 7.25. The number of Topliss-reactive ketones (excluding diaryl/α,β-unsaturated/α-hetero) is 1. The Balaban J connectivity index is 2.14. The molecular formula is C18H17NO. The van der Waals surface area contributed by atoms with E-state index in [2.05, 4.69) is 6.07 Å². The molecule has 0 radical (unpaired) electrons. The van der Waals surface area contributed by atoms with Crippen LogP contribution in [0, 0.1) is 11.3 Å². The highest BCUT2D eigenvalue weighted by molar-refractivity contribution is 5.87. The van der Waals surface area contributed by atoms with Crippen molar-refractivity contribution in [3.63, 3.8) is 0 Å².